The van der Waals surface area contributed by atoms with Crippen molar-refractivity contribution in [3.63, 3.8) is 0 Å². The molecule has 0 unspecified atom stereocenters. The zero-order valence-corrected chi connectivity index (χ0v) is 20.3. The molecule has 0 aromatic heterocycles. The summed E-state index contributed by atoms with van der Waals surface area (Å²) >= 11 is 0. The smallest absolute Gasteiger partial charge is 0.281 e. The van der Waals surface area contributed by atoms with Gasteiger partial charge in [0.15, 0.2) is 5.60 Å². The molecule has 34 heavy (non-hydrogen) atoms. The summed E-state index contributed by atoms with van der Waals surface area (Å²) < 4.78 is 0. The average Bonchev–Trinajstić information content (AvgIpc) is 2.84. The van der Waals surface area contributed by atoms with Crippen LogP contribution in [0, 0.1) is 0 Å². The lowest BCUT2D eigenvalue weighted by atomic mass is 9.79. The number of hydrazone groups is 1. The standard InChI is InChI=1S/C29H33N3O2/c1-5-32-26-17-16-22(18-25(26)21(2)19-28(32,3)4)20-30-31-27(33)29(34,23-12-8-6-9-13-23)24-14-10-7-11-15-24/h6-18,20-21,34H,5,19H2,1-4H3,(H,31,33)/b30-20-/t21-/m0/s1. The van der Waals surface area contributed by atoms with E-state index in [9.17, 15) is 9.90 Å². The van der Waals surface area contributed by atoms with Crippen LogP contribution >= 0.6 is 0 Å². The van der Waals surface area contributed by atoms with Crippen LogP contribution in [0.15, 0.2) is 84.0 Å². The summed E-state index contributed by atoms with van der Waals surface area (Å²) in [6.45, 7) is 9.99. The van der Waals surface area contributed by atoms with E-state index < -0.39 is 11.5 Å². The van der Waals surface area contributed by atoms with Crippen LogP contribution in [-0.2, 0) is 10.4 Å². The number of rotatable bonds is 6. The number of amides is 1. The van der Waals surface area contributed by atoms with E-state index in [4.69, 9.17) is 0 Å². The van der Waals surface area contributed by atoms with E-state index in [2.05, 4.69) is 55.3 Å². The lowest BCUT2D eigenvalue weighted by molar-refractivity contribution is -0.136. The Balaban J connectivity index is 1.58. The molecule has 1 heterocycles. The minimum atomic E-state index is -1.85. The largest absolute Gasteiger partial charge is 0.372 e. The molecule has 176 valence electrons. The van der Waals surface area contributed by atoms with Crippen molar-refractivity contribution in [1.29, 1.82) is 0 Å². The van der Waals surface area contributed by atoms with E-state index in [0.29, 0.717) is 17.0 Å². The summed E-state index contributed by atoms with van der Waals surface area (Å²) in [6, 6.07) is 24.2. The maximum Gasteiger partial charge on any atom is 0.281 e. The number of anilines is 1. The van der Waals surface area contributed by atoms with Crippen molar-refractivity contribution in [3.8, 4) is 0 Å². The van der Waals surface area contributed by atoms with Gasteiger partial charge in [-0.25, -0.2) is 5.43 Å². The molecule has 0 fully saturated rings. The summed E-state index contributed by atoms with van der Waals surface area (Å²) in [7, 11) is 0. The molecule has 0 bridgehead atoms. The van der Waals surface area contributed by atoms with Crippen LogP contribution in [0.25, 0.3) is 0 Å². The SMILES string of the molecule is CCN1c2ccc(/C=N\NC(=O)C(O)(c3ccccc3)c3ccccc3)cc2[C@@H](C)CC1(C)C. The Kier molecular flexibility index (Phi) is 6.58. The number of hydrogen-bond acceptors (Lipinski definition) is 4. The molecule has 1 atom stereocenters. The zero-order valence-electron chi connectivity index (χ0n) is 20.3. The summed E-state index contributed by atoms with van der Waals surface area (Å²) in [5.41, 5.74) is 5.26. The quantitative estimate of drug-likeness (QED) is 0.397. The zero-order chi connectivity index (χ0) is 24.3. The predicted molar refractivity (Wildman–Crippen MR) is 138 cm³/mol. The number of carbonyl (C=O) groups is 1. The van der Waals surface area contributed by atoms with Crippen LogP contribution in [0.2, 0.25) is 0 Å². The third-order valence-electron chi connectivity index (χ3n) is 6.82. The fraction of sp³-hybridized carbons (Fsp3) is 0.310. The minimum Gasteiger partial charge on any atom is -0.372 e. The number of nitrogens with one attached hydrogen (secondary N) is 1. The fourth-order valence-corrected chi connectivity index (χ4v) is 5.22. The highest BCUT2D eigenvalue weighted by molar-refractivity contribution is 5.91. The van der Waals surface area contributed by atoms with E-state index >= 15 is 0 Å². The van der Waals surface area contributed by atoms with Crippen LogP contribution in [0.5, 0.6) is 0 Å². The van der Waals surface area contributed by atoms with Gasteiger partial charge in [-0.05, 0) is 67.5 Å². The van der Waals surface area contributed by atoms with Crippen LogP contribution in [0.1, 0.15) is 62.3 Å². The summed E-state index contributed by atoms with van der Waals surface area (Å²) in [5.74, 6) is -0.177. The molecule has 0 spiro atoms. The van der Waals surface area contributed by atoms with Gasteiger partial charge >= 0.3 is 0 Å². The van der Waals surface area contributed by atoms with E-state index in [1.807, 2.05) is 18.2 Å². The van der Waals surface area contributed by atoms with Crippen LogP contribution in [-0.4, -0.2) is 29.3 Å². The number of carbonyl (C=O) groups excluding carboxylic acids is 1. The molecule has 2 N–H and O–H groups in total. The van der Waals surface area contributed by atoms with Crippen molar-refractivity contribution in [2.24, 2.45) is 5.10 Å². The monoisotopic (exact) mass is 455 g/mol. The van der Waals surface area contributed by atoms with E-state index in [1.54, 1.807) is 54.7 Å². The van der Waals surface area contributed by atoms with Gasteiger partial charge in [-0.1, -0.05) is 73.7 Å². The lowest BCUT2D eigenvalue weighted by Gasteiger charge is -2.47. The Morgan fingerprint density at radius 1 is 1.09 bits per heavy atom. The van der Waals surface area contributed by atoms with E-state index in [0.717, 1.165) is 18.5 Å². The predicted octanol–water partition coefficient (Wildman–Crippen LogP) is 5.18. The normalized spacial score (nSPS) is 17.4. The van der Waals surface area contributed by atoms with Gasteiger partial charge in [0.1, 0.15) is 0 Å². The fourth-order valence-electron chi connectivity index (χ4n) is 5.22. The highest BCUT2D eigenvalue weighted by atomic mass is 16.3. The number of nitrogens with zero attached hydrogens (tertiary/aromatic N) is 2. The van der Waals surface area contributed by atoms with Crippen molar-refractivity contribution in [2.75, 3.05) is 11.4 Å². The molecule has 0 radical (unpaired) electrons. The Labute approximate surface area is 202 Å². The number of fused-ring (bicyclic) bond motifs is 1. The molecule has 5 nitrogen and oxygen atoms in total. The molecular weight excluding hydrogens is 422 g/mol. The first-order chi connectivity index (χ1) is 16.3. The topological polar surface area (TPSA) is 64.9 Å². The van der Waals surface area contributed by atoms with Crippen molar-refractivity contribution in [3.05, 3.63) is 101 Å². The van der Waals surface area contributed by atoms with E-state index in [1.165, 1.54) is 11.3 Å². The molecule has 3 aromatic carbocycles. The van der Waals surface area contributed by atoms with Gasteiger partial charge in [0.2, 0.25) is 0 Å². The van der Waals surface area contributed by atoms with Gasteiger partial charge in [0.05, 0.1) is 6.21 Å². The van der Waals surface area contributed by atoms with Crippen molar-refractivity contribution < 1.29 is 9.90 Å². The molecule has 3 aromatic rings. The highest BCUT2D eigenvalue weighted by Crippen LogP contribution is 2.43. The molecule has 0 aliphatic carbocycles. The average molecular weight is 456 g/mol. The van der Waals surface area contributed by atoms with Crippen molar-refractivity contribution >= 4 is 17.8 Å². The Bertz CT molecular complexity index is 1130. The van der Waals surface area contributed by atoms with Gasteiger partial charge in [-0.3, -0.25) is 4.79 Å². The second-order valence-corrected chi connectivity index (χ2v) is 9.62. The number of hydrogen-bond donors (Lipinski definition) is 2. The van der Waals surface area contributed by atoms with E-state index in [-0.39, 0.29) is 5.54 Å². The lowest BCUT2D eigenvalue weighted by Crippen LogP contribution is -2.48. The molecule has 5 heteroatoms. The molecule has 0 saturated carbocycles. The molecular formula is C29H33N3O2. The van der Waals surface area contributed by atoms with Gasteiger partial charge in [0.25, 0.3) is 5.91 Å². The summed E-state index contributed by atoms with van der Waals surface area (Å²) in [4.78, 5) is 15.7. The first kappa shape index (κ1) is 23.7. The maximum absolute atomic E-state index is 13.2. The first-order valence-corrected chi connectivity index (χ1v) is 11.9. The summed E-state index contributed by atoms with van der Waals surface area (Å²) in [5, 5.41) is 15.7. The number of aliphatic hydroxyl groups is 1. The van der Waals surface area contributed by atoms with Crippen LogP contribution in [0.3, 0.4) is 0 Å². The Morgan fingerprint density at radius 2 is 1.68 bits per heavy atom. The van der Waals surface area contributed by atoms with Crippen LogP contribution in [0.4, 0.5) is 5.69 Å². The second kappa shape index (κ2) is 9.43. The first-order valence-electron chi connectivity index (χ1n) is 11.9. The Morgan fingerprint density at radius 3 is 2.24 bits per heavy atom. The third kappa shape index (κ3) is 4.36. The van der Waals surface area contributed by atoms with Gasteiger partial charge in [-0.15, -0.1) is 0 Å². The molecule has 1 aliphatic rings. The maximum atomic E-state index is 13.2. The second-order valence-electron chi connectivity index (χ2n) is 9.62. The number of benzene rings is 3. The Hall–Kier alpha value is -3.44. The molecule has 1 amide bonds. The van der Waals surface area contributed by atoms with Gasteiger partial charge in [-0.2, -0.15) is 5.10 Å². The van der Waals surface area contributed by atoms with Gasteiger partial charge < -0.3 is 10.0 Å². The van der Waals surface area contributed by atoms with Crippen LogP contribution < -0.4 is 10.3 Å². The van der Waals surface area contributed by atoms with Crippen molar-refractivity contribution in [2.45, 2.75) is 51.2 Å². The third-order valence-corrected chi connectivity index (χ3v) is 6.82. The molecule has 0 saturated heterocycles. The summed E-state index contributed by atoms with van der Waals surface area (Å²) in [6.07, 6.45) is 2.71. The minimum absolute atomic E-state index is 0.115. The molecule has 1 aliphatic heterocycles. The van der Waals surface area contributed by atoms with Gasteiger partial charge in [0, 0.05) is 17.8 Å². The van der Waals surface area contributed by atoms with Crippen molar-refractivity contribution in [1.82, 2.24) is 5.43 Å². The molecule has 4 rings (SSSR count). The highest BCUT2D eigenvalue weighted by Gasteiger charge is 2.40.